The number of nitrogens with zero attached hydrogens (tertiary/aromatic N) is 1. The Hall–Kier alpha value is 2.35. The van der Waals surface area contributed by atoms with Crippen molar-refractivity contribution in [1.29, 1.82) is 5.26 Å². The van der Waals surface area contributed by atoms with Crippen LogP contribution in [-0.2, 0) is 12.6 Å². The molecule has 0 aliphatic rings. The van der Waals surface area contributed by atoms with Crippen LogP contribution in [0.25, 0.3) is 0 Å². The molecular formula is CHKNNaS. The van der Waals surface area contributed by atoms with Gasteiger partial charge in [-0.1, -0.05) is 5.40 Å². The van der Waals surface area contributed by atoms with Crippen LogP contribution in [0.2, 0.25) is 0 Å². The summed E-state index contributed by atoms with van der Waals surface area (Å²) in [5.41, 5.74) is 0. The van der Waals surface area contributed by atoms with Gasteiger partial charge in [-0.15, -0.1) is 0 Å². The van der Waals surface area contributed by atoms with Crippen LogP contribution >= 0.6 is 0 Å². The molecule has 0 aliphatic carbocycles. The van der Waals surface area contributed by atoms with Gasteiger partial charge in [0, 0.05) is 0 Å². The molecule has 0 unspecified atom stereocenters. The third kappa shape index (κ3) is 21.8. The first-order chi connectivity index (χ1) is 1.41. The third-order valence-electron chi connectivity index (χ3n) is 0. The molecule has 0 amide bonds. The summed E-state index contributed by atoms with van der Waals surface area (Å²) in [6.07, 6.45) is 0. The summed E-state index contributed by atoms with van der Waals surface area (Å²) in [5, 5.41) is 8.47. The summed E-state index contributed by atoms with van der Waals surface area (Å²) in [5.74, 6) is 0. The monoisotopic (exact) mass is 121 g/mol. The molecule has 0 saturated heterocycles. The molecule has 0 saturated carbocycles. The Balaban J connectivity index is -0.0000000200. The summed E-state index contributed by atoms with van der Waals surface area (Å²) < 4.78 is 0. The molecule has 0 aromatic rings. The van der Waals surface area contributed by atoms with E-state index in [9.17, 15) is 0 Å². The average Bonchev–Trinajstić information content (AvgIpc) is 0.918. The number of rotatable bonds is 0. The van der Waals surface area contributed by atoms with E-state index in [2.05, 4.69) is 12.6 Å². The van der Waals surface area contributed by atoms with E-state index in [4.69, 9.17) is 5.26 Å². The first-order valence-electron chi connectivity index (χ1n) is 0.428. The second kappa shape index (κ2) is 16.2. The molecule has 5 heavy (non-hydrogen) atoms. The Morgan fingerprint density at radius 2 is 1.60 bits per heavy atom. The van der Waals surface area contributed by atoms with Crippen molar-refractivity contribution in [2.75, 3.05) is 0 Å². The van der Waals surface area contributed by atoms with Gasteiger partial charge in [0.15, 0.2) is 0 Å². The van der Waals surface area contributed by atoms with Gasteiger partial charge in [0.1, 0.15) is 0 Å². The zero-order valence-electron chi connectivity index (χ0n) is 2.36. The summed E-state index contributed by atoms with van der Waals surface area (Å²) in [4.78, 5) is 0. The van der Waals surface area contributed by atoms with E-state index in [1.807, 2.05) is 0 Å². The van der Waals surface area contributed by atoms with Crippen molar-refractivity contribution in [1.82, 2.24) is 0 Å². The van der Waals surface area contributed by atoms with Gasteiger partial charge >= 0.3 is 80.9 Å². The molecule has 4 heteroatoms. The fourth-order valence-electron chi connectivity index (χ4n) is 0. The number of thiocyanates is 1. The van der Waals surface area contributed by atoms with Crippen molar-refractivity contribution in [3.05, 3.63) is 0 Å². The first-order valence-corrected chi connectivity index (χ1v) is 0.836. The molecule has 0 atom stereocenters. The maximum absolute atomic E-state index is 7.13. The fourth-order valence-corrected chi connectivity index (χ4v) is 0. The van der Waals surface area contributed by atoms with Gasteiger partial charge in [0.05, 0.1) is 0 Å². The van der Waals surface area contributed by atoms with Crippen LogP contribution in [0.3, 0.4) is 0 Å². The Labute approximate surface area is 102 Å². The first kappa shape index (κ1) is 15.7. The molecule has 0 heterocycles. The molecule has 0 rings (SSSR count). The predicted molar refractivity (Wildman–Crippen MR) is 20.1 cm³/mol. The van der Waals surface area contributed by atoms with Crippen molar-refractivity contribution in [3.63, 3.8) is 0 Å². The standard InChI is InChI=1S/CHNS.K.Na.H/c2-1-3;;;/h3H;;;/q;;+1;/p-1. The molecule has 1 nitrogen and oxygen atoms in total. The van der Waals surface area contributed by atoms with Crippen molar-refractivity contribution < 1.29 is 29.6 Å². The third-order valence-corrected chi connectivity index (χ3v) is 0. The van der Waals surface area contributed by atoms with E-state index in [0.29, 0.717) is 0 Å². The SMILES string of the molecule is N#C[S-].[KH].[Na+]. The smallest absolute Gasteiger partial charge is 1.00 e. The molecule has 0 spiro atoms. The van der Waals surface area contributed by atoms with Gasteiger partial charge in [-0.2, -0.15) is 0 Å². The maximum atomic E-state index is 7.13. The average molecular weight is 121 g/mol. The zero-order valence-corrected chi connectivity index (χ0v) is 5.17. The number of hydrogen-bond donors (Lipinski definition) is 0. The summed E-state index contributed by atoms with van der Waals surface area (Å²) >= 11 is 3.70. The van der Waals surface area contributed by atoms with E-state index in [0.717, 1.165) is 0 Å². The molecule has 0 aliphatic heterocycles. The maximum Gasteiger partial charge on any atom is 1.00 e. The van der Waals surface area contributed by atoms with Crippen LogP contribution in [0, 0.1) is 10.7 Å². The Morgan fingerprint density at radius 1 is 1.60 bits per heavy atom. The van der Waals surface area contributed by atoms with Crippen LogP contribution < -0.4 is 29.6 Å². The normalized spacial score (nSPS) is 1.40. The van der Waals surface area contributed by atoms with E-state index in [-0.39, 0.29) is 80.9 Å². The van der Waals surface area contributed by atoms with Crippen molar-refractivity contribution in [2.45, 2.75) is 0 Å². The second-order valence-electron chi connectivity index (χ2n) is 0.0913. The second-order valence-corrected chi connectivity index (χ2v) is 0.274. The molecular weight excluding hydrogens is 120 g/mol. The van der Waals surface area contributed by atoms with Crippen LogP contribution in [0.15, 0.2) is 0 Å². The fraction of sp³-hybridized carbons (Fsp3) is 0. The van der Waals surface area contributed by atoms with Gasteiger partial charge in [0.2, 0.25) is 0 Å². The minimum absolute atomic E-state index is 0. The molecule has 0 aromatic heterocycles. The summed E-state index contributed by atoms with van der Waals surface area (Å²) in [6, 6.07) is 0. The van der Waals surface area contributed by atoms with Gasteiger partial charge in [-0.25, -0.2) is 5.26 Å². The molecule has 18 valence electrons. The van der Waals surface area contributed by atoms with Gasteiger partial charge in [-0.3, -0.25) is 0 Å². The van der Waals surface area contributed by atoms with Gasteiger partial charge < -0.3 is 12.6 Å². The van der Waals surface area contributed by atoms with Crippen LogP contribution in [-0.4, -0.2) is 51.4 Å². The molecule has 0 bridgehead atoms. The Bertz CT molecular complexity index is 33.1. The number of hydrogen-bond acceptors (Lipinski definition) is 2. The van der Waals surface area contributed by atoms with E-state index >= 15 is 0 Å². The topological polar surface area (TPSA) is 23.8 Å². The van der Waals surface area contributed by atoms with Crippen LogP contribution in [0.1, 0.15) is 0 Å². The molecule has 0 N–H and O–H groups in total. The van der Waals surface area contributed by atoms with Gasteiger partial charge in [-0.05, 0) is 0 Å². The summed E-state index contributed by atoms with van der Waals surface area (Å²) in [6.45, 7) is 0. The van der Waals surface area contributed by atoms with Gasteiger partial charge in [0.25, 0.3) is 0 Å². The Morgan fingerprint density at radius 3 is 1.60 bits per heavy atom. The molecule has 0 fully saturated rings. The minimum Gasteiger partial charge on any atom is 1.00 e. The summed E-state index contributed by atoms with van der Waals surface area (Å²) in [7, 11) is 0. The molecule has 0 aromatic carbocycles. The quantitative estimate of drug-likeness (QED) is 0.188. The Kier molecular flexibility index (Phi) is 50.7. The van der Waals surface area contributed by atoms with Crippen molar-refractivity contribution in [3.8, 4) is 5.40 Å². The van der Waals surface area contributed by atoms with E-state index in [1.165, 1.54) is 5.40 Å². The molecule has 0 radical (unpaired) electrons. The van der Waals surface area contributed by atoms with Crippen LogP contribution in [0.4, 0.5) is 0 Å². The minimum atomic E-state index is 0. The number of nitriles is 1. The van der Waals surface area contributed by atoms with Crippen molar-refractivity contribution in [2.24, 2.45) is 0 Å². The van der Waals surface area contributed by atoms with E-state index in [1.54, 1.807) is 0 Å². The van der Waals surface area contributed by atoms with E-state index < -0.39 is 0 Å². The van der Waals surface area contributed by atoms with Crippen LogP contribution in [0.5, 0.6) is 0 Å². The largest absolute Gasteiger partial charge is 1.00 e. The zero-order chi connectivity index (χ0) is 2.71. The van der Waals surface area contributed by atoms with Crippen molar-refractivity contribution >= 4 is 64.0 Å². The predicted octanol–water partition coefficient (Wildman–Crippen LogP) is -3.63.